The van der Waals surface area contributed by atoms with E-state index in [0.717, 1.165) is 23.1 Å². The van der Waals surface area contributed by atoms with Gasteiger partial charge in [-0.1, -0.05) is 61.5 Å². The second-order valence-corrected chi connectivity index (χ2v) is 8.62. The van der Waals surface area contributed by atoms with E-state index in [1.165, 1.54) is 5.01 Å². The highest BCUT2D eigenvalue weighted by molar-refractivity contribution is 5.88. The molecule has 0 spiro atoms. The van der Waals surface area contributed by atoms with Crippen LogP contribution in [0, 0.1) is 11.8 Å². The quantitative estimate of drug-likeness (QED) is 0.544. The predicted molar refractivity (Wildman–Crippen MR) is 127 cm³/mol. The number of carboxylic acid groups (broad SMARTS) is 1. The Hall–Kier alpha value is -3.19. The Morgan fingerprint density at radius 1 is 1.12 bits per heavy atom. The molecule has 0 bridgehead atoms. The van der Waals surface area contributed by atoms with Crippen molar-refractivity contribution in [2.45, 2.75) is 45.1 Å². The molecule has 0 radical (unpaired) electrons. The number of aliphatic carboxylic acids is 1. The largest absolute Gasteiger partial charge is 0.481 e. The van der Waals surface area contributed by atoms with Gasteiger partial charge in [0.2, 0.25) is 11.8 Å². The molecule has 3 N–H and O–H groups in total. The van der Waals surface area contributed by atoms with E-state index >= 15 is 0 Å². The molecule has 176 valence electrons. The van der Waals surface area contributed by atoms with Crippen LogP contribution in [0.5, 0.6) is 0 Å². The number of aryl methyl sites for hydroxylation is 1. The fourth-order valence-corrected chi connectivity index (χ4v) is 4.41. The highest BCUT2D eigenvalue weighted by Gasteiger charge is 2.36. The molecule has 0 saturated carbocycles. The molecule has 2 aromatic carbocycles. The second kappa shape index (κ2) is 11.6. The van der Waals surface area contributed by atoms with Gasteiger partial charge in [0.25, 0.3) is 0 Å². The molecule has 7 nitrogen and oxygen atoms in total. The lowest BCUT2D eigenvalue weighted by Crippen LogP contribution is -2.59. The van der Waals surface area contributed by atoms with Crippen molar-refractivity contribution in [3.8, 4) is 11.1 Å². The molecule has 0 aromatic heterocycles. The van der Waals surface area contributed by atoms with Crippen LogP contribution >= 0.6 is 0 Å². The topological polar surface area (TPSA) is 98.7 Å². The van der Waals surface area contributed by atoms with Gasteiger partial charge in [-0.3, -0.25) is 19.4 Å². The zero-order valence-corrected chi connectivity index (χ0v) is 19.3. The number of carbonyl (C=O) groups is 3. The minimum atomic E-state index is -0.924. The molecule has 1 fully saturated rings. The van der Waals surface area contributed by atoms with Gasteiger partial charge in [-0.2, -0.15) is 0 Å². The first-order valence-electron chi connectivity index (χ1n) is 11.6. The van der Waals surface area contributed by atoms with Crippen LogP contribution in [-0.4, -0.2) is 47.5 Å². The van der Waals surface area contributed by atoms with Gasteiger partial charge in [0.15, 0.2) is 0 Å². The van der Waals surface area contributed by atoms with Gasteiger partial charge in [0, 0.05) is 19.5 Å². The van der Waals surface area contributed by atoms with Crippen molar-refractivity contribution in [2.24, 2.45) is 11.8 Å². The third kappa shape index (κ3) is 6.20. The maximum atomic E-state index is 13.6. The standard InChI is InChI=1S/C26H33N3O4/c1-18(26(32)33)17-21(25(31)29-23(24(30)27-2)13-8-16-28-29)15-14-20-11-6-7-12-22(20)19-9-4-3-5-10-19/h3-7,9-12,18,21,23,28H,8,13-17H2,1-2H3,(H,27,30)(H,32,33)/t18-,21+,23-/m0/s1. The Kier molecular flexibility index (Phi) is 8.60. The number of carbonyl (C=O) groups excluding carboxylic acids is 2. The van der Waals surface area contributed by atoms with Crippen molar-refractivity contribution >= 4 is 17.8 Å². The molecule has 1 heterocycles. The molecule has 1 aliphatic rings. The molecule has 1 saturated heterocycles. The maximum Gasteiger partial charge on any atom is 0.306 e. The molecule has 0 aliphatic carbocycles. The lowest BCUT2D eigenvalue weighted by atomic mass is 9.87. The SMILES string of the molecule is CNC(=O)[C@@H]1CCCNN1C(=O)[C@H](CCc1ccccc1-c1ccccc1)C[C@H](C)C(=O)O. The van der Waals surface area contributed by atoms with Crippen molar-refractivity contribution in [1.29, 1.82) is 0 Å². The highest BCUT2D eigenvalue weighted by atomic mass is 16.4. The highest BCUT2D eigenvalue weighted by Crippen LogP contribution is 2.28. The summed E-state index contributed by atoms with van der Waals surface area (Å²) in [5.41, 5.74) is 6.40. The van der Waals surface area contributed by atoms with Crippen LogP contribution in [0.1, 0.15) is 38.2 Å². The number of hydrogen-bond acceptors (Lipinski definition) is 4. The van der Waals surface area contributed by atoms with Crippen LogP contribution in [0.4, 0.5) is 0 Å². The average Bonchev–Trinajstić information content (AvgIpc) is 2.86. The first kappa shape index (κ1) is 24.5. The summed E-state index contributed by atoms with van der Waals surface area (Å²) in [6.07, 6.45) is 2.73. The van der Waals surface area contributed by atoms with Crippen LogP contribution in [0.25, 0.3) is 11.1 Å². The summed E-state index contributed by atoms with van der Waals surface area (Å²) >= 11 is 0. The Bertz CT molecular complexity index is 963. The summed E-state index contributed by atoms with van der Waals surface area (Å²) < 4.78 is 0. The Morgan fingerprint density at radius 3 is 2.52 bits per heavy atom. The molecule has 0 unspecified atom stereocenters. The minimum absolute atomic E-state index is 0.213. The van der Waals surface area contributed by atoms with E-state index in [0.29, 0.717) is 25.8 Å². The minimum Gasteiger partial charge on any atom is -0.481 e. The van der Waals surface area contributed by atoms with Crippen LogP contribution in [0.3, 0.4) is 0 Å². The van der Waals surface area contributed by atoms with E-state index in [2.05, 4.69) is 35.0 Å². The number of amides is 2. The molecule has 1 aliphatic heterocycles. The van der Waals surface area contributed by atoms with Gasteiger partial charge in [0.1, 0.15) is 6.04 Å². The van der Waals surface area contributed by atoms with Crippen LogP contribution in [0.2, 0.25) is 0 Å². The number of benzene rings is 2. The summed E-state index contributed by atoms with van der Waals surface area (Å²) in [6, 6.07) is 17.6. The zero-order chi connectivity index (χ0) is 23.8. The number of rotatable bonds is 9. The molecule has 3 rings (SSSR count). The number of hydrazine groups is 1. The van der Waals surface area contributed by atoms with Crippen molar-refractivity contribution in [2.75, 3.05) is 13.6 Å². The van der Waals surface area contributed by atoms with Gasteiger partial charge >= 0.3 is 5.97 Å². The Morgan fingerprint density at radius 2 is 1.82 bits per heavy atom. The van der Waals surface area contributed by atoms with Crippen molar-refractivity contribution in [1.82, 2.24) is 15.8 Å². The van der Waals surface area contributed by atoms with E-state index in [-0.39, 0.29) is 18.2 Å². The molecule has 2 amide bonds. The maximum absolute atomic E-state index is 13.6. The molecular formula is C26H33N3O4. The van der Waals surface area contributed by atoms with E-state index in [4.69, 9.17) is 0 Å². The summed E-state index contributed by atoms with van der Waals surface area (Å²) in [6.45, 7) is 2.23. The number of hydrogen-bond donors (Lipinski definition) is 3. The summed E-state index contributed by atoms with van der Waals surface area (Å²) in [5.74, 6) is -2.53. The molecule has 2 aromatic rings. The summed E-state index contributed by atoms with van der Waals surface area (Å²) in [5, 5.41) is 13.5. The Labute approximate surface area is 195 Å². The van der Waals surface area contributed by atoms with Crippen molar-refractivity contribution in [3.05, 3.63) is 60.2 Å². The van der Waals surface area contributed by atoms with Crippen LogP contribution < -0.4 is 10.7 Å². The molecular weight excluding hydrogens is 418 g/mol. The zero-order valence-electron chi connectivity index (χ0n) is 19.3. The van der Waals surface area contributed by atoms with Gasteiger partial charge < -0.3 is 10.4 Å². The van der Waals surface area contributed by atoms with Crippen molar-refractivity contribution in [3.63, 3.8) is 0 Å². The number of nitrogens with zero attached hydrogens (tertiary/aromatic N) is 1. The molecule has 33 heavy (non-hydrogen) atoms. The second-order valence-electron chi connectivity index (χ2n) is 8.62. The number of carboxylic acids is 1. The number of likely N-dealkylation sites (N-methyl/N-ethyl adjacent to an activating group) is 1. The van der Waals surface area contributed by atoms with E-state index < -0.39 is 23.8 Å². The van der Waals surface area contributed by atoms with Gasteiger partial charge in [-0.15, -0.1) is 0 Å². The monoisotopic (exact) mass is 451 g/mol. The van der Waals surface area contributed by atoms with E-state index in [9.17, 15) is 19.5 Å². The fraction of sp³-hybridized carbons (Fsp3) is 0.423. The first-order chi connectivity index (χ1) is 15.9. The molecule has 7 heteroatoms. The summed E-state index contributed by atoms with van der Waals surface area (Å²) in [4.78, 5) is 37.5. The van der Waals surface area contributed by atoms with E-state index in [1.807, 2.05) is 30.3 Å². The average molecular weight is 452 g/mol. The normalized spacial score (nSPS) is 17.8. The first-order valence-corrected chi connectivity index (χ1v) is 11.6. The lowest BCUT2D eigenvalue weighted by molar-refractivity contribution is -0.151. The van der Waals surface area contributed by atoms with Gasteiger partial charge in [0.05, 0.1) is 5.92 Å². The number of nitrogens with one attached hydrogen (secondary N) is 2. The van der Waals surface area contributed by atoms with Crippen LogP contribution in [-0.2, 0) is 20.8 Å². The predicted octanol–water partition coefficient (Wildman–Crippen LogP) is 3.25. The smallest absolute Gasteiger partial charge is 0.306 e. The van der Waals surface area contributed by atoms with Gasteiger partial charge in [-0.05, 0) is 48.8 Å². The third-order valence-corrected chi connectivity index (χ3v) is 6.31. The van der Waals surface area contributed by atoms with Crippen molar-refractivity contribution < 1.29 is 19.5 Å². The van der Waals surface area contributed by atoms with E-state index in [1.54, 1.807) is 14.0 Å². The lowest BCUT2D eigenvalue weighted by Gasteiger charge is -2.37. The summed E-state index contributed by atoms with van der Waals surface area (Å²) in [7, 11) is 1.56. The van der Waals surface area contributed by atoms with Crippen LogP contribution in [0.15, 0.2) is 54.6 Å². The Balaban J connectivity index is 1.83. The fourth-order valence-electron chi connectivity index (χ4n) is 4.41. The third-order valence-electron chi connectivity index (χ3n) is 6.31. The van der Waals surface area contributed by atoms with Gasteiger partial charge in [-0.25, -0.2) is 5.43 Å². The molecule has 3 atom stereocenters.